The third-order valence-corrected chi connectivity index (χ3v) is 4.20. The van der Waals surface area contributed by atoms with Crippen LogP contribution < -0.4 is 11.6 Å². The molecule has 0 spiro atoms. The lowest BCUT2D eigenvalue weighted by Gasteiger charge is -2.21. The molecule has 0 unspecified atom stereocenters. The standard InChI is InChI=1S/C21H28N4O2/c1-4-18(10-13-21(26)27-5-2)25(23)20(22)12-8-16-7-11-19-17(14-16)9-6-15(3)24-19/h6-7,9-12,14H,4-5,8,13,22-23H2,1-3H3/b18-10-,20-12-. The van der Waals surface area contributed by atoms with E-state index in [4.69, 9.17) is 16.3 Å². The summed E-state index contributed by atoms with van der Waals surface area (Å²) in [5.74, 6) is 6.27. The van der Waals surface area contributed by atoms with Gasteiger partial charge in [-0.05, 0) is 56.5 Å². The Hall–Kier alpha value is -2.86. The molecule has 1 aromatic carbocycles. The number of pyridine rings is 1. The zero-order valence-corrected chi connectivity index (χ0v) is 16.2. The molecule has 0 bridgehead atoms. The third-order valence-electron chi connectivity index (χ3n) is 4.20. The van der Waals surface area contributed by atoms with Crippen molar-refractivity contribution in [1.82, 2.24) is 9.99 Å². The number of esters is 1. The number of ether oxygens (including phenoxy) is 1. The lowest BCUT2D eigenvalue weighted by Crippen LogP contribution is -2.33. The van der Waals surface area contributed by atoms with Crippen molar-refractivity contribution in [3.63, 3.8) is 0 Å². The number of allylic oxidation sites excluding steroid dienone is 2. The highest BCUT2D eigenvalue weighted by atomic mass is 16.5. The van der Waals surface area contributed by atoms with Gasteiger partial charge in [-0.3, -0.25) is 14.8 Å². The second kappa shape index (κ2) is 9.73. The number of hydrogen-bond donors (Lipinski definition) is 2. The van der Waals surface area contributed by atoms with Gasteiger partial charge in [0, 0.05) is 16.8 Å². The molecule has 0 aliphatic rings. The first-order valence-corrected chi connectivity index (χ1v) is 9.16. The third kappa shape index (κ3) is 5.82. The summed E-state index contributed by atoms with van der Waals surface area (Å²) >= 11 is 0. The normalized spacial score (nSPS) is 12.3. The summed E-state index contributed by atoms with van der Waals surface area (Å²) in [6.07, 6.45) is 5.11. The fourth-order valence-corrected chi connectivity index (χ4v) is 2.72. The molecule has 6 nitrogen and oxygen atoms in total. The summed E-state index contributed by atoms with van der Waals surface area (Å²) < 4.78 is 4.93. The molecule has 0 amide bonds. The molecular formula is C21H28N4O2. The van der Waals surface area contributed by atoms with Crippen molar-refractivity contribution >= 4 is 16.9 Å². The fraction of sp³-hybridized carbons (Fsp3) is 0.333. The molecule has 0 fully saturated rings. The molecule has 0 radical (unpaired) electrons. The first kappa shape index (κ1) is 20.5. The minimum atomic E-state index is -0.278. The fourth-order valence-electron chi connectivity index (χ4n) is 2.72. The summed E-state index contributed by atoms with van der Waals surface area (Å²) in [6.45, 7) is 6.08. The van der Waals surface area contributed by atoms with Crippen LogP contribution in [0.25, 0.3) is 10.9 Å². The molecule has 0 atom stereocenters. The van der Waals surface area contributed by atoms with E-state index in [-0.39, 0.29) is 12.4 Å². The minimum absolute atomic E-state index is 0.176. The molecule has 27 heavy (non-hydrogen) atoms. The Balaban J connectivity index is 2.07. The number of hydrogen-bond acceptors (Lipinski definition) is 6. The highest BCUT2D eigenvalue weighted by Crippen LogP contribution is 2.16. The molecule has 0 aliphatic carbocycles. The topological polar surface area (TPSA) is 94.5 Å². The van der Waals surface area contributed by atoms with Crippen LogP contribution in [0.15, 0.2) is 54.0 Å². The lowest BCUT2D eigenvalue weighted by molar-refractivity contribution is -0.142. The van der Waals surface area contributed by atoms with Crippen LogP contribution in [-0.2, 0) is 16.0 Å². The average Bonchev–Trinajstić information content (AvgIpc) is 2.66. The van der Waals surface area contributed by atoms with Crippen LogP contribution in [0.4, 0.5) is 0 Å². The zero-order valence-electron chi connectivity index (χ0n) is 16.2. The minimum Gasteiger partial charge on any atom is -0.466 e. The number of aryl methyl sites for hydroxylation is 1. The van der Waals surface area contributed by atoms with Crippen LogP contribution >= 0.6 is 0 Å². The lowest BCUT2D eigenvalue weighted by atomic mass is 10.1. The molecule has 2 rings (SSSR count). The number of fused-ring (bicyclic) bond motifs is 1. The van der Waals surface area contributed by atoms with Crippen LogP contribution in [0.1, 0.15) is 37.9 Å². The quantitative estimate of drug-likeness (QED) is 0.422. The Kier molecular flexibility index (Phi) is 7.37. The van der Waals surface area contributed by atoms with Gasteiger partial charge in [-0.15, -0.1) is 0 Å². The molecule has 1 heterocycles. The van der Waals surface area contributed by atoms with E-state index in [1.165, 1.54) is 5.01 Å². The number of rotatable bonds is 8. The van der Waals surface area contributed by atoms with Gasteiger partial charge >= 0.3 is 5.97 Å². The van der Waals surface area contributed by atoms with Gasteiger partial charge in [-0.25, -0.2) is 5.84 Å². The van der Waals surface area contributed by atoms with E-state index in [1.54, 1.807) is 13.0 Å². The highest BCUT2D eigenvalue weighted by Gasteiger charge is 2.08. The van der Waals surface area contributed by atoms with Crippen LogP contribution in [-0.4, -0.2) is 22.6 Å². The van der Waals surface area contributed by atoms with Gasteiger partial charge in [0.2, 0.25) is 0 Å². The predicted molar refractivity (Wildman–Crippen MR) is 108 cm³/mol. The smallest absolute Gasteiger partial charge is 0.309 e. The van der Waals surface area contributed by atoms with Crippen LogP contribution in [0.2, 0.25) is 0 Å². The Morgan fingerprint density at radius 2 is 2.00 bits per heavy atom. The second-order valence-electron chi connectivity index (χ2n) is 6.24. The van der Waals surface area contributed by atoms with E-state index < -0.39 is 0 Å². The molecule has 6 heteroatoms. The van der Waals surface area contributed by atoms with Gasteiger partial charge < -0.3 is 10.5 Å². The van der Waals surface area contributed by atoms with Gasteiger partial charge in [-0.1, -0.05) is 25.1 Å². The maximum Gasteiger partial charge on any atom is 0.309 e. The van der Waals surface area contributed by atoms with E-state index >= 15 is 0 Å². The van der Waals surface area contributed by atoms with Gasteiger partial charge in [0.1, 0.15) is 5.82 Å². The van der Waals surface area contributed by atoms with Crippen LogP contribution in [0.3, 0.4) is 0 Å². The van der Waals surface area contributed by atoms with Crippen LogP contribution in [0, 0.1) is 6.92 Å². The molecule has 0 saturated carbocycles. The van der Waals surface area contributed by atoms with Crippen molar-refractivity contribution in [2.45, 2.75) is 40.0 Å². The maximum absolute atomic E-state index is 11.5. The molecule has 0 aliphatic heterocycles. The van der Waals surface area contributed by atoms with Crippen molar-refractivity contribution in [2.24, 2.45) is 11.6 Å². The van der Waals surface area contributed by atoms with Crippen LogP contribution in [0.5, 0.6) is 0 Å². The monoisotopic (exact) mass is 368 g/mol. The summed E-state index contributed by atoms with van der Waals surface area (Å²) in [6, 6.07) is 10.2. The van der Waals surface area contributed by atoms with Crippen molar-refractivity contribution < 1.29 is 9.53 Å². The maximum atomic E-state index is 11.5. The number of hydrazine groups is 1. The second-order valence-corrected chi connectivity index (χ2v) is 6.24. The van der Waals surface area contributed by atoms with E-state index in [1.807, 2.05) is 38.1 Å². The number of nitrogens with two attached hydrogens (primary N) is 2. The van der Waals surface area contributed by atoms with Crippen molar-refractivity contribution in [2.75, 3.05) is 6.61 Å². The summed E-state index contributed by atoms with van der Waals surface area (Å²) in [4.78, 5) is 16.0. The molecular weight excluding hydrogens is 340 g/mol. The molecule has 4 N–H and O–H groups in total. The van der Waals surface area contributed by atoms with Crippen molar-refractivity contribution in [3.05, 3.63) is 65.3 Å². The molecule has 144 valence electrons. The Morgan fingerprint density at radius 3 is 2.70 bits per heavy atom. The van der Waals surface area contributed by atoms with Crippen molar-refractivity contribution in [3.8, 4) is 0 Å². The Bertz CT molecular complexity index is 858. The molecule has 0 saturated heterocycles. The molecule has 2 aromatic rings. The summed E-state index contributed by atoms with van der Waals surface area (Å²) in [7, 11) is 0. The Labute approximate surface area is 160 Å². The SMILES string of the molecule is CCOC(=O)C/C=C(/CC)N(N)/C(N)=C\Cc1ccc2nc(C)ccc2c1. The molecule has 1 aromatic heterocycles. The van der Waals surface area contributed by atoms with Gasteiger partial charge in [0.25, 0.3) is 0 Å². The first-order chi connectivity index (χ1) is 12.9. The van der Waals surface area contributed by atoms with Gasteiger partial charge in [0.15, 0.2) is 0 Å². The number of aromatic nitrogens is 1. The Morgan fingerprint density at radius 1 is 1.22 bits per heavy atom. The average molecular weight is 368 g/mol. The number of carbonyl (C=O) groups excluding carboxylic acids is 1. The predicted octanol–water partition coefficient (Wildman–Crippen LogP) is 3.31. The van der Waals surface area contributed by atoms with E-state index in [9.17, 15) is 4.79 Å². The highest BCUT2D eigenvalue weighted by molar-refractivity contribution is 5.79. The van der Waals surface area contributed by atoms with Crippen molar-refractivity contribution in [1.29, 1.82) is 0 Å². The van der Waals surface area contributed by atoms with E-state index in [0.717, 1.165) is 27.9 Å². The number of benzene rings is 1. The van der Waals surface area contributed by atoms with Gasteiger partial charge in [0.05, 0.1) is 18.5 Å². The number of nitrogens with zero attached hydrogens (tertiary/aromatic N) is 2. The summed E-state index contributed by atoms with van der Waals surface area (Å²) in [5, 5.41) is 2.52. The zero-order chi connectivity index (χ0) is 19.8. The van der Waals surface area contributed by atoms with E-state index in [2.05, 4.69) is 17.1 Å². The largest absolute Gasteiger partial charge is 0.466 e. The van der Waals surface area contributed by atoms with Gasteiger partial charge in [-0.2, -0.15) is 0 Å². The first-order valence-electron chi connectivity index (χ1n) is 9.16. The number of carbonyl (C=O) groups is 1. The summed E-state index contributed by atoms with van der Waals surface area (Å²) in [5.41, 5.74) is 10.0. The van der Waals surface area contributed by atoms with E-state index in [0.29, 0.717) is 25.3 Å².